The van der Waals surface area contributed by atoms with Crippen molar-refractivity contribution >= 4 is 86.0 Å². The normalized spacial score (nSPS) is 12.2. The Bertz CT molecular complexity index is 2720. The quantitative estimate of drug-likeness (QED) is 0.204. The molecule has 43 heavy (non-hydrogen) atoms. The van der Waals surface area contributed by atoms with E-state index in [0.29, 0.717) is 0 Å². The summed E-state index contributed by atoms with van der Waals surface area (Å²) in [6, 6.07) is 50.3. The van der Waals surface area contributed by atoms with Crippen LogP contribution in [-0.4, -0.2) is 4.57 Å². The number of hydrogen-bond donors (Lipinski definition) is 0. The van der Waals surface area contributed by atoms with Crippen molar-refractivity contribution in [3.05, 3.63) is 140 Å². The number of furan rings is 1. The molecule has 3 heteroatoms. The van der Waals surface area contributed by atoms with Gasteiger partial charge in [-0.15, -0.1) is 11.3 Å². The highest BCUT2D eigenvalue weighted by Crippen LogP contribution is 2.49. The average Bonchev–Trinajstić information content (AvgIpc) is 3.75. The highest BCUT2D eigenvalue weighted by molar-refractivity contribution is 7.27. The monoisotopic (exact) mass is 565 g/mol. The fourth-order valence-electron chi connectivity index (χ4n) is 7.15. The molecule has 0 radical (unpaired) electrons. The minimum absolute atomic E-state index is 0.905. The van der Waals surface area contributed by atoms with Gasteiger partial charge in [0.05, 0.1) is 21.4 Å². The molecule has 10 rings (SSSR count). The van der Waals surface area contributed by atoms with Crippen molar-refractivity contribution in [3.63, 3.8) is 0 Å². The first kappa shape index (κ1) is 23.2. The van der Waals surface area contributed by atoms with Crippen LogP contribution in [-0.2, 0) is 0 Å². The van der Waals surface area contributed by atoms with E-state index in [0.717, 1.165) is 27.6 Å². The Labute approximate surface area is 250 Å². The number of para-hydroxylation sites is 2. The minimum atomic E-state index is 0.905. The average molecular weight is 566 g/mol. The molecule has 0 saturated carbocycles. The topological polar surface area (TPSA) is 18.1 Å². The second kappa shape index (κ2) is 8.57. The van der Waals surface area contributed by atoms with Gasteiger partial charge in [0.2, 0.25) is 0 Å². The lowest BCUT2D eigenvalue weighted by molar-refractivity contribution is 0.666. The van der Waals surface area contributed by atoms with Crippen molar-refractivity contribution in [2.45, 2.75) is 0 Å². The zero-order valence-corrected chi connectivity index (χ0v) is 23.9. The van der Waals surface area contributed by atoms with Gasteiger partial charge in [-0.3, -0.25) is 0 Å². The van der Waals surface area contributed by atoms with Gasteiger partial charge in [0.25, 0.3) is 0 Å². The summed E-state index contributed by atoms with van der Waals surface area (Å²) in [7, 11) is 0. The number of hydrogen-bond acceptors (Lipinski definition) is 2. The molecule has 3 aromatic heterocycles. The maximum Gasteiger partial charge on any atom is 0.159 e. The first-order valence-corrected chi connectivity index (χ1v) is 15.4. The first-order valence-electron chi connectivity index (χ1n) is 14.6. The van der Waals surface area contributed by atoms with Crippen LogP contribution in [0.1, 0.15) is 0 Å². The third-order valence-electron chi connectivity index (χ3n) is 8.96. The van der Waals surface area contributed by atoms with E-state index in [-0.39, 0.29) is 0 Å². The van der Waals surface area contributed by atoms with E-state index in [9.17, 15) is 0 Å². The molecule has 7 aromatic carbocycles. The fourth-order valence-corrected chi connectivity index (χ4v) is 8.41. The highest BCUT2D eigenvalue weighted by Gasteiger charge is 2.24. The Morgan fingerprint density at radius 2 is 1.14 bits per heavy atom. The molecule has 0 atom stereocenters. The summed E-state index contributed by atoms with van der Waals surface area (Å²) < 4.78 is 11.8. The van der Waals surface area contributed by atoms with Gasteiger partial charge < -0.3 is 8.98 Å². The molecule has 0 amide bonds. The van der Waals surface area contributed by atoms with Crippen molar-refractivity contribution in [1.29, 1.82) is 0 Å². The van der Waals surface area contributed by atoms with Crippen molar-refractivity contribution < 1.29 is 4.42 Å². The molecule has 0 aliphatic heterocycles. The first-order chi connectivity index (χ1) is 21.3. The predicted octanol–water partition coefficient (Wildman–Crippen LogP) is 11.9. The molecule has 0 saturated heterocycles. The van der Waals surface area contributed by atoms with E-state index in [1.54, 1.807) is 0 Å². The second-order valence-electron chi connectivity index (χ2n) is 11.3. The lowest BCUT2D eigenvalue weighted by Gasteiger charge is -2.13. The van der Waals surface area contributed by atoms with Crippen LogP contribution < -0.4 is 0 Å². The number of fused-ring (bicyclic) bond motifs is 13. The van der Waals surface area contributed by atoms with E-state index < -0.39 is 0 Å². The van der Waals surface area contributed by atoms with Crippen LogP contribution in [0.5, 0.6) is 0 Å². The maximum absolute atomic E-state index is 6.74. The molecular weight excluding hydrogens is 543 g/mol. The van der Waals surface area contributed by atoms with E-state index >= 15 is 0 Å². The molecule has 0 aliphatic rings. The molecule has 3 heterocycles. The van der Waals surface area contributed by atoms with Crippen LogP contribution in [0.3, 0.4) is 0 Å². The summed E-state index contributed by atoms with van der Waals surface area (Å²) in [6.07, 6.45) is 0. The smallest absolute Gasteiger partial charge is 0.159 e. The Hall–Kier alpha value is -5.38. The van der Waals surface area contributed by atoms with E-state index in [1.165, 1.54) is 63.9 Å². The lowest BCUT2D eigenvalue weighted by atomic mass is 9.99. The number of benzene rings is 7. The Kier molecular flexibility index (Phi) is 4.63. The molecule has 2 nitrogen and oxygen atoms in total. The number of nitrogens with zero attached hydrogens (tertiary/aromatic N) is 1. The van der Waals surface area contributed by atoms with E-state index in [4.69, 9.17) is 4.42 Å². The number of aromatic nitrogens is 1. The second-order valence-corrected chi connectivity index (χ2v) is 12.3. The van der Waals surface area contributed by atoms with Gasteiger partial charge in [-0.2, -0.15) is 0 Å². The third kappa shape index (κ3) is 3.12. The molecule has 0 fully saturated rings. The van der Waals surface area contributed by atoms with Gasteiger partial charge in [0.1, 0.15) is 5.58 Å². The molecular formula is C40H23NOS. The maximum atomic E-state index is 6.74. The summed E-state index contributed by atoms with van der Waals surface area (Å²) in [5.41, 5.74) is 7.66. The van der Waals surface area contributed by atoms with Crippen molar-refractivity contribution in [2.24, 2.45) is 0 Å². The predicted molar refractivity (Wildman–Crippen MR) is 184 cm³/mol. The van der Waals surface area contributed by atoms with Gasteiger partial charge in [0, 0.05) is 37.0 Å². The standard InChI is InChI=1S/C40H23NOS/c1-2-12-24(13-3-1)25-22-31-26-14-7-10-20-34(26)42-39(31)33(23-25)41-32-19-9-6-17-29(32)36-27-15-4-5-16-28(27)37-30-18-8-11-21-35(30)43-40(37)38(36)41/h1-23H. The van der Waals surface area contributed by atoms with Crippen LogP contribution in [0.15, 0.2) is 144 Å². The summed E-state index contributed by atoms with van der Waals surface area (Å²) in [5, 5.41) is 10.0. The summed E-state index contributed by atoms with van der Waals surface area (Å²) in [5.74, 6) is 0. The molecule has 0 aliphatic carbocycles. The summed E-state index contributed by atoms with van der Waals surface area (Å²) in [4.78, 5) is 0. The van der Waals surface area contributed by atoms with Crippen LogP contribution in [0, 0.1) is 0 Å². The zero-order chi connectivity index (χ0) is 28.1. The van der Waals surface area contributed by atoms with Crippen molar-refractivity contribution in [2.75, 3.05) is 0 Å². The van der Waals surface area contributed by atoms with Gasteiger partial charge in [-0.25, -0.2) is 0 Å². The van der Waals surface area contributed by atoms with Gasteiger partial charge >= 0.3 is 0 Å². The van der Waals surface area contributed by atoms with Gasteiger partial charge in [0.15, 0.2) is 5.58 Å². The van der Waals surface area contributed by atoms with E-state index in [1.807, 2.05) is 11.3 Å². The van der Waals surface area contributed by atoms with Crippen LogP contribution >= 0.6 is 11.3 Å². The number of rotatable bonds is 2. The van der Waals surface area contributed by atoms with Crippen LogP contribution in [0.4, 0.5) is 0 Å². The lowest BCUT2D eigenvalue weighted by Crippen LogP contribution is -1.96. The molecule has 200 valence electrons. The third-order valence-corrected chi connectivity index (χ3v) is 10.1. The minimum Gasteiger partial charge on any atom is -0.454 e. The Morgan fingerprint density at radius 3 is 1.98 bits per heavy atom. The van der Waals surface area contributed by atoms with E-state index in [2.05, 4.69) is 144 Å². The van der Waals surface area contributed by atoms with Gasteiger partial charge in [-0.05, 0) is 52.2 Å². The molecule has 0 unspecified atom stereocenters. The Balaban J connectivity index is 1.49. The molecule has 0 N–H and O–H groups in total. The summed E-state index contributed by atoms with van der Waals surface area (Å²) >= 11 is 1.89. The Morgan fingerprint density at radius 1 is 0.488 bits per heavy atom. The van der Waals surface area contributed by atoms with Crippen LogP contribution in [0.2, 0.25) is 0 Å². The van der Waals surface area contributed by atoms with Crippen molar-refractivity contribution in [1.82, 2.24) is 4.57 Å². The molecule has 0 bridgehead atoms. The largest absolute Gasteiger partial charge is 0.454 e. The van der Waals surface area contributed by atoms with Crippen molar-refractivity contribution in [3.8, 4) is 16.8 Å². The van der Waals surface area contributed by atoms with Crippen LogP contribution in [0.25, 0.3) is 91.5 Å². The number of thiophene rings is 1. The molecule has 0 spiro atoms. The summed E-state index contributed by atoms with van der Waals surface area (Å²) in [6.45, 7) is 0. The SMILES string of the molecule is c1ccc(-c2cc(-n3c4ccccc4c4c5ccccc5c5c6ccccc6sc5c43)c3oc4ccccc4c3c2)cc1. The fraction of sp³-hybridized carbons (Fsp3) is 0. The highest BCUT2D eigenvalue weighted by atomic mass is 32.1. The zero-order valence-electron chi connectivity index (χ0n) is 23.0. The molecule has 10 aromatic rings. The van der Waals surface area contributed by atoms with Gasteiger partial charge in [-0.1, -0.05) is 109 Å².